The summed E-state index contributed by atoms with van der Waals surface area (Å²) in [6, 6.07) is 14.4. The molecule has 0 radical (unpaired) electrons. The molecule has 3 rings (SSSR count). The number of hydrogen-bond donors (Lipinski definition) is 1. The van der Waals surface area contributed by atoms with Crippen LogP contribution in [0.1, 0.15) is 30.3 Å². The van der Waals surface area contributed by atoms with Gasteiger partial charge in [-0.15, -0.1) is 0 Å². The van der Waals surface area contributed by atoms with Crippen molar-refractivity contribution >= 4 is 16.9 Å². The second-order valence-corrected chi connectivity index (χ2v) is 7.43. The van der Waals surface area contributed by atoms with Gasteiger partial charge in [-0.25, -0.2) is 4.98 Å². The van der Waals surface area contributed by atoms with Crippen LogP contribution < -0.4 is 10.1 Å². The topological polar surface area (TPSA) is 56.2 Å². The zero-order chi connectivity index (χ0) is 20.8. The molecule has 0 aliphatic rings. The van der Waals surface area contributed by atoms with Gasteiger partial charge in [-0.3, -0.25) is 4.79 Å². The lowest BCUT2D eigenvalue weighted by molar-refractivity contribution is -0.117. The number of carbonyl (C=O) groups is 1. The van der Waals surface area contributed by atoms with Gasteiger partial charge in [0, 0.05) is 25.1 Å². The van der Waals surface area contributed by atoms with Crippen molar-refractivity contribution in [1.82, 2.24) is 14.9 Å². The summed E-state index contributed by atoms with van der Waals surface area (Å²) in [5.41, 5.74) is 4.95. The van der Waals surface area contributed by atoms with Gasteiger partial charge >= 0.3 is 0 Å². The first-order chi connectivity index (χ1) is 14.0. The number of aryl methyl sites for hydroxylation is 3. The largest absolute Gasteiger partial charge is 0.493 e. The molecule has 0 saturated heterocycles. The van der Waals surface area contributed by atoms with Crippen LogP contribution in [0.5, 0.6) is 5.75 Å². The Labute approximate surface area is 172 Å². The van der Waals surface area contributed by atoms with E-state index in [1.165, 1.54) is 5.56 Å². The van der Waals surface area contributed by atoms with Crippen molar-refractivity contribution in [2.24, 2.45) is 0 Å². The molecule has 1 heterocycles. The minimum Gasteiger partial charge on any atom is -0.493 e. The number of ether oxygens (including phenoxy) is 1. The van der Waals surface area contributed by atoms with Gasteiger partial charge in [-0.05, 0) is 56.5 Å². The molecule has 152 valence electrons. The van der Waals surface area contributed by atoms with Crippen LogP contribution in [0.25, 0.3) is 11.0 Å². The van der Waals surface area contributed by atoms with E-state index < -0.39 is 0 Å². The van der Waals surface area contributed by atoms with Crippen molar-refractivity contribution in [3.8, 4) is 5.75 Å². The van der Waals surface area contributed by atoms with Crippen LogP contribution in [0.15, 0.2) is 54.6 Å². The lowest BCUT2D eigenvalue weighted by atomic mass is 10.1. The highest BCUT2D eigenvalue weighted by Gasteiger charge is 2.11. The Morgan fingerprint density at radius 2 is 2.00 bits per heavy atom. The van der Waals surface area contributed by atoms with Crippen LogP contribution in [0, 0.1) is 13.8 Å². The van der Waals surface area contributed by atoms with Gasteiger partial charge in [-0.2, -0.15) is 0 Å². The summed E-state index contributed by atoms with van der Waals surface area (Å²) in [6.45, 7) is 11.5. The summed E-state index contributed by atoms with van der Waals surface area (Å²) in [5.74, 6) is 1.80. The molecular weight excluding hydrogens is 362 g/mol. The highest BCUT2D eigenvalue weighted by molar-refractivity contribution is 5.92. The maximum Gasteiger partial charge on any atom is 0.246 e. The number of nitrogens with one attached hydrogen (secondary N) is 1. The Bertz CT molecular complexity index is 1020. The van der Waals surface area contributed by atoms with E-state index in [1.54, 1.807) is 6.92 Å². The van der Waals surface area contributed by atoms with Gasteiger partial charge < -0.3 is 14.6 Å². The van der Waals surface area contributed by atoms with Gasteiger partial charge in [0.1, 0.15) is 11.6 Å². The molecule has 0 aliphatic heterocycles. The Morgan fingerprint density at radius 3 is 2.79 bits per heavy atom. The number of fused-ring (bicyclic) bond motifs is 1. The second kappa shape index (κ2) is 9.41. The van der Waals surface area contributed by atoms with Crippen LogP contribution in [0.2, 0.25) is 0 Å². The maximum atomic E-state index is 11.7. The molecule has 5 heteroatoms. The van der Waals surface area contributed by atoms with Crippen molar-refractivity contribution in [2.45, 2.75) is 40.2 Å². The zero-order valence-electron chi connectivity index (χ0n) is 17.5. The molecule has 0 saturated carbocycles. The van der Waals surface area contributed by atoms with Crippen LogP contribution >= 0.6 is 0 Å². The molecule has 1 amide bonds. The first-order valence-electron chi connectivity index (χ1n) is 10.0. The van der Waals surface area contributed by atoms with Crippen molar-refractivity contribution in [2.75, 3.05) is 13.2 Å². The van der Waals surface area contributed by atoms with E-state index in [0.717, 1.165) is 41.1 Å². The molecule has 0 bridgehead atoms. The second-order valence-electron chi connectivity index (χ2n) is 7.43. The number of nitrogens with zero attached hydrogens (tertiary/aromatic N) is 2. The predicted octanol–water partition coefficient (Wildman–Crippen LogP) is 4.36. The predicted molar refractivity (Wildman–Crippen MR) is 117 cm³/mol. The SMILES string of the molecule is C=C(C)C(=O)NCCc1nc2ccccc2n1CCCOc1cc(C)ccc1C. The smallest absolute Gasteiger partial charge is 0.246 e. The Balaban J connectivity index is 1.64. The minimum absolute atomic E-state index is 0.116. The summed E-state index contributed by atoms with van der Waals surface area (Å²) in [6.07, 6.45) is 1.55. The summed E-state index contributed by atoms with van der Waals surface area (Å²) in [5, 5.41) is 2.89. The van der Waals surface area contributed by atoms with E-state index in [9.17, 15) is 4.79 Å². The van der Waals surface area contributed by atoms with Crippen molar-refractivity contribution in [1.29, 1.82) is 0 Å². The number of carbonyl (C=O) groups excluding carboxylic acids is 1. The molecule has 0 unspecified atom stereocenters. The molecule has 5 nitrogen and oxygen atoms in total. The van der Waals surface area contributed by atoms with E-state index in [-0.39, 0.29) is 5.91 Å². The van der Waals surface area contributed by atoms with E-state index in [0.29, 0.717) is 25.1 Å². The number of imidazole rings is 1. The number of rotatable bonds is 9. The molecule has 0 atom stereocenters. The quantitative estimate of drug-likeness (QED) is 0.436. The van der Waals surface area contributed by atoms with E-state index >= 15 is 0 Å². The Hall–Kier alpha value is -3.08. The first kappa shape index (κ1) is 20.6. The molecule has 1 aromatic heterocycles. The van der Waals surface area contributed by atoms with Gasteiger partial charge in [-0.1, -0.05) is 30.8 Å². The highest BCUT2D eigenvalue weighted by atomic mass is 16.5. The normalized spacial score (nSPS) is 10.9. The molecular formula is C24H29N3O2. The number of hydrogen-bond acceptors (Lipinski definition) is 3. The van der Waals surface area contributed by atoms with Gasteiger partial charge in [0.25, 0.3) is 0 Å². The fourth-order valence-electron chi connectivity index (χ4n) is 3.27. The third-order valence-corrected chi connectivity index (χ3v) is 4.88. The monoisotopic (exact) mass is 391 g/mol. The average molecular weight is 392 g/mol. The summed E-state index contributed by atoms with van der Waals surface area (Å²) in [4.78, 5) is 16.5. The molecule has 1 N–H and O–H groups in total. The van der Waals surface area contributed by atoms with E-state index in [1.807, 2.05) is 18.2 Å². The lowest BCUT2D eigenvalue weighted by Gasteiger charge is -2.12. The van der Waals surface area contributed by atoms with Gasteiger partial charge in [0.15, 0.2) is 0 Å². The molecule has 0 aliphatic carbocycles. The Morgan fingerprint density at radius 1 is 1.21 bits per heavy atom. The lowest BCUT2D eigenvalue weighted by Crippen LogP contribution is -2.26. The molecule has 3 aromatic rings. The van der Waals surface area contributed by atoms with Crippen LogP contribution in [-0.2, 0) is 17.8 Å². The Kier molecular flexibility index (Phi) is 6.70. The molecule has 0 fully saturated rings. The summed E-state index contributed by atoms with van der Waals surface area (Å²) in [7, 11) is 0. The number of aromatic nitrogens is 2. The fourth-order valence-corrected chi connectivity index (χ4v) is 3.27. The number of benzene rings is 2. The molecule has 2 aromatic carbocycles. The van der Waals surface area contributed by atoms with E-state index in [2.05, 4.69) is 54.6 Å². The van der Waals surface area contributed by atoms with Crippen LogP contribution in [0.3, 0.4) is 0 Å². The van der Waals surface area contributed by atoms with Gasteiger partial charge in [0.2, 0.25) is 5.91 Å². The van der Waals surface area contributed by atoms with Crippen LogP contribution in [-0.4, -0.2) is 28.6 Å². The first-order valence-corrected chi connectivity index (χ1v) is 10.0. The average Bonchev–Trinajstić information content (AvgIpc) is 3.05. The number of para-hydroxylation sites is 2. The fraction of sp³-hybridized carbons (Fsp3) is 0.333. The third-order valence-electron chi connectivity index (χ3n) is 4.88. The van der Waals surface area contributed by atoms with Crippen molar-refractivity contribution in [3.63, 3.8) is 0 Å². The molecule has 29 heavy (non-hydrogen) atoms. The minimum atomic E-state index is -0.116. The third kappa shape index (κ3) is 5.25. The number of amides is 1. The van der Waals surface area contributed by atoms with Gasteiger partial charge in [0.05, 0.1) is 17.6 Å². The maximum absolute atomic E-state index is 11.7. The van der Waals surface area contributed by atoms with Crippen molar-refractivity contribution < 1.29 is 9.53 Å². The van der Waals surface area contributed by atoms with Crippen molar-refractivity contribution in [3.05, 3.63) is 71.6 Å². The van der Waals surface area contributed by atoms with E-state index in [4.69, 9.17) is 9.72 Å². The summed E-state index contributed by atoms with van der Waals surface area (Å²) >= 11 is 0. The summed E-state index contributed by atoms with van der Waals surface area (Å²) < 4.78 is 8.24. The standard InChI is InChI=1S/C24H29N3O2/c1-17(2)24(28)25-13-12-23-26-20-8-5-6-9-21(20)27(23)14-7-15-29-22-16-18(3)10-11-19(22)4/h5-6,8-11,16H,1,7,12-15H2,2-4H3,(H,25,28). The highest BCUT2D eigenvalue weighted by Crippen LogP contribution is 2.20. The van der Waals surface area contributed by atoms with Crippen LogP contribution in [0.4, 0.5) is 0 Å². The molecule has 0 spiro atoms. The zero-order valence-corrected chi connectivity index (χ0v) is 17.5.